The summed E-state index contributed by atoms with van der Waals surface area (Å²) in [5.74, 6) is 1.52. The second-order valence-corrected chi connectivity index (χ2v) is 9.96. The lowest BCUT2D eigenvalue weighted by Gasteiger charge is -2.25. The molecular weight excluding hydrogens is 452 g/mol. The summed E-state index contributed by atoms with van der Waals surface area (Å²) < 4.78 is 5.56. The largest absolute Gasteiger partial charge is 0.444 e. The van der Waals surface area contributed by atoms with Gasteiger partial charge in [-0.3, -0.25) is 9.69 Å². The average molecular weight is 477 g/mol. The Labute approximate surface area is 201 Å². The summed E-state index contributed by atoms with van der Waals surface area (Å²) >= 11 is 3.10. The van der Waals surface area contributed by atoms with Gasteiger partial charge < -0.3 is 9.73 Å². The van der Waals surface area contributed by atoms with E-state index >= 15 is 0 Å². The second-order valence-electron chi connectivity index (χ2n) is 7.89. The Hall–Kier alpha value is -2.94. The van der Waals surface area contributed by atoms with E-state index in [1.165, 1.54) is 22.2 Å². The second kappa shape index (κ2) is 10.3. The number of benzene rings is 2. The van der Waals surface area contributed by atoms with Gasteiger partial charge in [0.05, 0.1) is 17.1 Å². The number of amides is 1. The van der Waals surface area contributed by atoms with Crippen LogP contribution in [0.5, 0.6) is 0 Å². The summed E-state index contributed by atoms with van der Waals surface area (Å²) in [7, 11) is 0. The number of nitrogens with one attached hydrogen (secondary N) is 1. The molecule has 2 aromatic carbocycles. The van der Waals surface area contributed by atoms with Gasteiger partial charge in [0, 0.05) is 42.2 Å². The first-order chi connectivity index (χ1) is 16.2. The van der Waals surface area contributed by atoms with Crippen LogP contribution >= 0.6 is 23.1 Å². The third-order valence-electron chi connectivity index (χ3n) is 5.36. The fourth-order valence-electron chi connectivity index (χ4n) is 3.77. The maximum atomic E-state index is 12.4. The van der Waals surface area contributed by atoms with Crippen LogP contribution in [0.15, 0.2) is 71.3 Å². The van der Waals surface area contributed by atoms with Crippen LogP contribution in [0.1, 0.15) is 21.8 Å². The molecule has 0 bridgehead atoms. The first kappa shape index (κ1) is 21.9. The highest BCUT2D eigenvalue weighted by atomic mass is 32.2. The zero-order valence-electron chi connectivity index (χ0n) is 18.1. The minimum Gasteiger partial charge on any atom is -0.444 e. The number of thioether (sulfide) groups is 1. The highest BCUT2D eigenvalue weighted by molar-refractivity contribution is 7.99. The van der Waals surface area contributed by atoms with E-state index in [2.05, 4.69) is 44.5 Å². The summed E-state index contributed by atoms with van der Waals surface area (Å²) in [6.45, 7) is 2.80. The average Bonchev–Trinajstić information content (AvgIpc) is 3.47. The lowest BCUT2D eigenvalue weighted by molar-refractivity contribution is -0.113. The van der Waals surface area contributed by atoms with Crippen molar-refractivity contribution in [1.82, 2.24) is 14.9 Å². The van der Waals surface area contributed by atoms with E-state index in [1.807, 2.05) is 36.4 Å². The van der Waals surface area contributed by atoms with Crippen molar-refractivity contribution >= 4 is 34.1 Å². The molecule has 0 atom stereocenters. The van der Waals surface area contributed by atoms with Crippen molar-refractivity contribution < 1.29 is 9.21 Å². The molecule has 0 fully saturated rings. The standard InChI is InChI=1S/C25H24N4O2S2/c30-23(17-32-16-20-15-31-24(26-20)19-9-5-2-6-10-19)28-25-27-21-11-12-29(14-22(21)33-25)13-18-7-3-1-4-8-18/h1-10,15H,11-14,16-17H2,(H,27,28,30). The number of rotatable bonds is 8. The van der Waals surface area contributed by atoms with Gasteiger partial charge in [-0.1, -0.05) is 48.5 Å². The van der Waals surface area contributed by atoms with Gasteiger partial charge in [-0.15, -0.1) is 23.1 Å². The Bertz CT molecular complexity index is 1210. The number of hydrogen-bond acceptors (Lipinski definition) is 7. The van der Waals surface area contributed by atoms with Crippen LogP contribution in [-0.2, 0) is 30.1 Å². The summed E-state index contributed by atoms with van der Waals surface area (Å²) in [6.07, 6.45) is 2.57. The van der Waals surface area contributed by atoms with Crippen molar-refractivity contribution in [3.63, 3.8) is 0 Å². The zero-order valence-corrected chi connectivity index (χ0v) is 19.7. The molecule has 0 aliphatic carbocycles. The number of carbonyl (C=O) groups excluding carboxylic acids is 1. The minimum absolute atomic E-state index is 0.0426. The molecule has 33 heavy (non-hydrogen) atoms. The Morgan fingerprint density at radius 1 is 1.09 bits per heavy atom. The van der Waals surface area contributed by atoms with Crippen LogP contribution in [0, 0.1) is 0 Å². The Kier molecular flexibility index (Phi) is 6.85. The van der Waals surface area contributed by atoms with E-state index in [1.54, 1.807) is 17.6 Å². The smallest absolute Gasteiger partial charge is 0.236 e. The van der Waals surface area contributed by atoms with E-state index in [-0.39, 0.29) is 5.91 Å². The van der Waals surface area contributed by atoms with Gasteiger partial charge in [-0.2, -0.15) is 0 Å². The monoisotopic (exact) mass is 476 g/mol. The minimum atomic E-state index is -0.0426. The highest BCUT2D eigenvalue weighted by Gasteiger charge is 2.21. The van der Waals surface area contributed by atoms with Gasteiger partial charge in [0.1, 0.15) is 6.26 Å². The lowest BCUT2D eigenvalue weighted by Crippen LogP contribution is -2.29. The summed E-state index contributed by atoms with van der Waals surface area (Å²) in [5.41, 5.74) is 4.21. The summed E-state index contributed by atoms with van der Waals surface area (Å²) in [6, 6.07) is 20.3. The molecular formula is C25H24N4O2S2. The molecule has 0 spiro atoms. The van der Waals surface area contributed by atoms with Crippen LogP contribution in [0.4, 0.5) is 5.13 Å². The van der Waals surface area contributed by atoms with Crippen LogP contribution in [0.25, 0.3) is 11.5 Å². The van der Waals surface area contributed by atoms with Crippen molar-refractivity contribution in [3.8, 4) is 11.5 Å². The molecule has 0 radical (unpaired) electrons. The highest BCUT2D eigenvalue weighted by Crippen LogP contribution is 2.29. The SMILES string of the molecule is O=C(CSCc1coc(-c2ccccc2)n1)Nc1nc2c(s1)CN(Cc1ccccc1)CC2. The van der Waals surface area contributed by atoms with Crippen LogP contribution < -0.4 is 5.32 Å². The van der Waals surface area contributed by atoms with Gasteiger partial charge in [0.15, 0.2) is 5.13 Å². The number of nitrogens with zero attached hydrogens (tertiary/aromatic N) is 3. The molecule has 4 aromatic rings. The van der Waals surface area contributed by atoms with Gasteiger partial charge >= 0.3 is 0 Å². The Balaban J connectivity index is 1.09. The molecule has 8 heteroatoms. The molecule has 1 aliphatic rings. The first-order valence-corrected chi connectivity index (χ1v) is 12.8. The first-order valence-electron chi connectivity index (χ1n) is 10.9. The molecule has 0 unspecified atom stereocenters. The quantitative estimate of drug-likeness (QED) is 0.376. The van der Waals surface area contributed by atoms with E-state index in [9.17, 15) is 4.79 Å². The number of aromatic nitrogens is 2. The van der Waals surface area contributed by atoms with Crippen molar-refractivity contribution in [2.24, 2.45) is 0 Å². The summed E-state index contributed by atoms with van der Waals surface area (Å²) in [4.78, 5) is 25.3. The van der Waals surface area contributed by atoms with Crippen LogP contribution in [0.3, 0.4) is 0 Å². The molecule has 2 aromatic heterocycles. The summed E-state index contributed by atoms with van der Waals surface area (Å²) in [5, 5.41) is 3.66. The fourth-order valence-corrected chi connectivity index (χ4v) is 5.54. The predicted octanol–water partition coefficient (Wildman–Crippen LogP) is 5.23. The maximum Gasteiger partial charge on any atom is 0.236 e. The maximum absolute atomic E-state index is 12.4. The third-order valence-corrected chi connectivity index (χ3v) is 7.33. The lowest BCUT2D eigenvalue weighted by atomic mass is 10.1. The van der Waals surface area contributed by atoms with Crippen molar-refractivity contribution in [1.29, 1.82) is 0 Å². The molecule has 3 heterocycles. The van der Waals surface area contributed by atoms with Crippen LogP contribution in [0.2, 0.25) is 0 Å². The van der Waals surface area contributed by atoms with E-state index in [4.69, 9.17) is 4.42 Å². The molecule has 1 N–H and O–H groups in total. The van der Waals surface area contributed by atoms with Gasteiger partial charge in [0.25, 0.3) is 0 Å². The number of hydrogen-bond donors (Lipinski definition) is 1. The van der Waals surface area contributed by atoms with E-state index in [0.29, 0.717) is 22.5 Å². The number of carbonyl (C=O) groups is 1. The normalized spacial score (nSPS) is 13.6. The number of oxazole rings is 1. The zero-order chi connectivity index (χ0) is 22.5. The Morgan fingerprint density at radius 3 is 2.70 bits per heavy atom. The van der Waals surface area contributed by atoms with Gasteiger partial charge in [0.2, 0.25) is 11.8 Å². The molecule has 5 rings (SSSR count). The molecule has 6 nitrogen and oxygen atoms in total. The van der Waals surface area contributed by atoms with E-state index < -0.39 is 0 Å². The van der Waals surface area contributed by atoms with Crippen molar-refractivity contribution in [2.45, 2.75) is 25.3 Å². The molecule has 0 saturated heterocycles. The fraction of sp³-hybridized carbons (Fsp3) is 0.240. The predicted molar refractivity (Wildman–Crippen MR) is 133 cm³/mol. The van der Waals surface area contributed by atoms with Crippen molar-refractivity contribution in [2.75, 3.05) is 17.6 Å². The molecule has 0 saturated carbocycles. The molecule has 1 aliphatic heterocycles. The molecule has 168 valence electrons. The van der Waals surface area contributed by atoms with Gasteiger partial charge in [-0.25, -0.2) is 9.97 Å². The van der Waals surface area contributed by atoms with E-state index in [0.717, 1.165) is 43.0 Å². The van der Waals surface area contributed by atoms with Gasteiger partial charge in [-0.05, 0) is 17.7 Å². The van der Waals surface area contributed by atoms with Crippen molar-refractivity contribution in [3.05, 3.63) is 88.8 Å². The number of anilines is 1. The van der Waals surface area contributed by atoms with Crippen LogP contribution in [-0.4, -0.2) is 33.1 Å². The number of thiazole rings is 1. The number of fused-ring (bicyclic) bond motifs is 1. The molecule has 1 amide bonds. The Morgan fingerprint density at radius 2 is 1.88 bits per heavy atom. The third kappa shape index (κ3) is 5.71. The topological polar surface area (TPSA) is 71.3 Å².